The summed E-state index contributed by atoms with van der Waals surface area (Å²) in [5.74, 6) is -1.17. The number of hydrogen-bond acceptors (Lipinski definition) is 5. The van der Waals surface area contributed by atoms with Gasteiger partial charge in [0.2, 0.25) is 11.8 Å². The number of nitrogens with one attached hydrogen (secondary N) is 1. The van der Waals surface area contributed by atoms with Gasteiger partial charge in [0.15, 0.2) is 0 Å². The van der Waals surface area contributed by atoms with Gasteiger partial charge in [0.25, 0.3) is 0 Å². The molecular weight excluding hydrogens is 434 g/mol. The first-order valence-corrected chi connectivity index (χ1v) is 12.8. The molecule has 2 amide bonds. The minimum Gasteiger partial charge on any atom is -0.489 e. The lowest BCUT2D eigenvalue weighted by molar-refractivity contribution is -0.154. The maximum atomic E-state index is 13.9. The Kier molecular flexibility index (Phi) is 6.77. The number of fused-ring (bicyclic) bond motifs is 1. The lowest BCUT2D eigenvalue weighted by Crippen LogP contribution is -2.50. The third-order valence-electron chi connectivity index (χ3n) is 8.04. The van der Waals surface area contributed by atoms with Gasteiger partial charge >= 0.3 is 5.97 Å². The van der Waals surface area contributed by atoms with Crippen molar-refractivity contribution in [1.82, 2.24) is 15.1 Å². The van der Waals surface area contributed by atoms with Crippen molar-refractivity contribution in [1.29, 1.82) is 0 Å². The summed E-state index contributed by atoms with van der Waals surface area (Å²) in [5.41, 5.74) is 2.15. The Labute approximate surface area is 200 Å². The first-order chi connectivity index (χ1) is 16.5. The van der Waals surface area contributed by atoms with Gasteiger partial charge in [0.05, 0.1) is 17.9 Å². The number of carbonyl (C=O) groups excluding carboxylic acids is 2. The van der Waals surface area contributed by atoms with E-state index in [9.17, 15) is 19.5 Å². The molecule has 2 N–H and O–H groups in total. The van der Waals surface area contributed by atoms with Crippen molar-refractivity contribution in [3.8, 4) is 5.75 Å². The van der Waals surface area contributed by atoms with Crippen LogP contribution in [0.3, 0.4) is 0 Å². The van der Waals surface area contributed by atoms with E-state index in [1.807, 2.05) is 21.9 Å². The number of benzene rings is 1. The van der Waals surface area contributed by atoms with Crippen LogP contribution in [0.5, 0.6) is 5.75 Å². The number of aliphatic carboxylic acids is 1. The van der Waals surface area contributed by atoms with Crippen LogP contribution in [-0.2, 0) is 20.8 Å². The summed E-state index contributed by atoms with van der Waals surface area (Å²) in [6.07, 6.45) is 5.99. The number of carbonyl (C=O) groups is 3. The number of carboxylic acids is 1. The monoisotopic (exact) mass is 469 g/mol. The number of hydrogen-bond donors (Lipinski definition) is 2. The second-order valence-corrected chi connectivity index (χ2v) is 10.1. The first-order valence-electron chi connectivity index (χ1n) is 12.8. The number of nitrogens with zero attached hydrogens (tertiary/aromatic N) is 2. The number of carboxylic acid groups (broad SMARTS) is 1. The Balaban J connectivity index is 1.49. The van der Waals surface area contributed by atoms with Crippen molar-refractivity contribution in [2.45, 2.75) is 63.5 Å². The van der Waals surface area contributed by atoms with Crippen LogP contribution < -0.4 is 10.1 Å². The Morgan fingerprint density at radius 3 is 2.59 bits per heavy atom. The predicted molar refractivity (Wildman–Crippen MR) is 125 cm³/mol. The molecule has 0 bridgehead atoms. The molecule has 5 rings (SSSR count). The molecule has 4 aliphatic rings. The maximum absolute atomic E-state index is 13.9. The molecular formula is C26H35N3O5. The van der Waals surface area contributed by atoms with Gasteiger partial charge in [-0.1, -0.05) is 25.0 Å². The SMILES string of the molecule is O=C(O)C1CCCCC1C(=O)N1CCc2cccc(OC3CCNC3)c2[C@H]1CN1CCCC1=O. The Morgan fingerprint density at radius 2 is 1.88 bits per heavy atom. The van der Waals surface area contributed by atoms with Crippen LogP contribution in [0.1, 0.15) is 62.1 Å². The van der Waals surface area contributed by atoms with Crippen LogP contribution in [0.25, 0.3) is 0 Å². The van der Waals surface area contributed by atoms with E-state index in [2.05, 4.69) is 11.4 Å². The van der Waals surface area contributed by atoms with Gasteiger partial charge in [-0.15, -0.1) is 0 Å². The Bertz CT molecular complexity index is 944. The van der Waals surface area contributed by atoms with E-state index in [-0.39, 0.29) is 24.0 Å². The standard InChI is InChI=1S/C26H35N3O5/c30-23-9-4-13-28(23)16-21-24-17(5-3-8-22(24)34-18-10-12-27-15-18)11-14-29(21)25(31)19-6-1-2-7-20(19)26(32)33/h3,5,8,18-21,27H,1-2,4,6-7,9-16H2,(H,32,33)/t18?,19?,20?,21-/m1/s1. The van der Waals surface area contributed by atoms with Gasteiger partial charge in [-0.05, 0) is 50.3 Å². The van der Waals surface area contributed by atoms with Gasteiger partial charge in [0, 0.05) is 38.2 Å². The number of rotatable bonds is 6. The second kappa shape index (κ2) is 9.94. The molecule has 34 heavy (non-hydrogen) atoms. The molecule has 1 saturated carbocycles. The molecule has 3 heterocycles. The smallest absolute Gasteiger partial charge is 0.307 e. The van der Waals surface area contributed by atoms with E-state index in [1.165, 1.54) is 0 Å². The van der Waals surface area contributed by atoms with Gasteiger partial charge in [-0.2, -0.15) is 0 Å². The van der Waals surface area contributed by atoms with Crippen molar-refractivity contribution < 1.29 is 24.2 Å². The zero-order valence-corrected chi connectivity index (χ0v) is 19.7. The predicted octanol–water partition coefficient (Wildman–Crippen LogP) is 2.37. The molecule has 0 radical (unpaired) electrons. The first kappa shape index (κ1) is 23.1. The molecule has 3 fully saturated rings. The third kappa shape index (κ3) is 4.52. The van der Waals surface area contributed by atoms with Gasteiger partial charge in [-0.25, -0.2) is 0 Å². The zero-order chi connectivity index (χ0) is 23.7. The fourth-order valence-corrected chi connectivity index (χ4v) is 6.24. The van der Waals surface area contributed by atoms with Crippen LogP contribution in [0, 0.1) is 11.8 Å². The van der Waals surface area contributed by atoms with Crippen LogP contribution in [0.2, 0.25) is 0 Å². The van der Waals surface area contributed by atoms with E-state index in [0.717, 1.165) is 55.6 Å². The van der Waals surface area contributed by atoms with Gasteiger partial charge in [-0.3, -0.25) is 14.4 Å². The van der Waals surface area contributed by atoms with Crippen LogP contribution >= 0.6 is 0 Å². The van der Waals surface area contributed by atoms with Gasteiger partial charge in [0.1, 0.15) is 11.9 Å². The largest absolute Gasteiger partial charge is 0.489 e. The molecule has 8 heteroatoms. The quantitative estimate of drug-likeness (QED) is 0.664. The van der Waals surface area contributed by atoms with Crippen molar-refractivity contribution in [3.63, 3.8) is 0 Å². The number of amides is 2. The summed E-state index contributed by atoms with van der Waals surface area (Å²) in [5, 5.41) is 13.1. The Morgan fingerprint density at radius 1 is 1.06 bits per heavy atom. The van der Waals surface area contributed by atoms with E-state index in [1.54, 1.807) is 0 Å². The second-order valence-electron chi connectivity index (χ2n) is 10.1. The van der Waals surface area contributed by atoms with Crippen LogP contribution in [0.4, 0.5) is 0 Å². The molecule has 8 nitrogen and oxygen atoms in total. The zero-order valence-electron chi connectivity index (χ0n) is 19.7. The minimum absolute atomic E-state index is 0.0771. The lowest BCUT2D eigenvalue weighted by Gasteiger charge is -2.43. The number of likely N-dealkylation sites (tertiary alicyclic amines) is 1. The number of ether oxygens (including phenoxy) is 1. The summed E-state index contributed by atoms with van der Waals surface area (Å²) in [7, 11) is 0. The average molecular weight is 470 g/mol. The summed E-state index contributed by atoms with van der Waals surface area (Å²) >= 11 is 0. The average Bonchev–Trinajstić information content (AvgIpc) is 3.50. The minimum atomic E-state index is -0.875. The highest BCUT2D eigenvalue weighted by Gasteiger charge is 2.43. The van der Waals surface area contributed by atoms with Crippen LogP contribution in [-0.4, -0.2) is 71.5 Å². The summed E-state index contributed by atoms with van der Waals surface area (Å²) in [6, 6.07) is 5.76. The summed E-state index contributed by atoms with van der Waals surface area (Å²) in [4.78, 5) is 42.1. The fraction of sp³-hybridized carbons (Fsp3) is 0.654. The Hall–Kier alpha value is -2.61. The fourth-order valence-electron chi connectivity index (χ4n) is 6.24. The molecule has 0 aromatic heterocycles. The van der Waals surface area contributed by atoms with Crippen LogP contribution in [0.15, 0.2) is 18.2 Å². The van der Waals surface area contributed by atoms with E-state index >= 15 is 0 Å². The highest BCUT2D eigenvalue weighted by molar-refractivity contribution is 5.86. The van der Waals surface area contributed by atoms with E-state index in [4.69, 9.17) is 4.74 Å². The molecule has 0 spiro atoms. The topological polar surface area (TPSA) is 99.2 Å². The normalized spacial score (nSPS) is 29.2. The van der Waals surface area contributed by atoms with Crippen molar-refractivity contribution in [3.05, 3.63) is 29.3 Å². The highest BCUT2D eigenvalue weighted by atomic mass is 16.5. The van der Waals surface area contributed by atoms with Crippen molar-refractivity contribution in [2.24, 2.45) is 11.8 Å². The molecule has 1 aromatic carbocycles. The third-order valence-corrected chi connectivity index (χ3v) is 8.04. The highest BCUT2D eigenvalue weighted by Crippen LogP contribution is 2.41. The van der Waals surface area contributed by atoms with Crippen molar-refractivity contribution in [2.75, 3.05) is 32.7 Å². The maximum Gasteiger partial charge on any atom is 0.307 e. The molecule has 1 aromatic rings. The lowest BCUT2D eigenvalue weighted by atomic mass is 9.77. The molecule has 2 saturated heterocycles. The molecule has 1 aliphatic carbocycles. The molecule has 3 unspecified atom stereocenters. The van der Waals surface area contributed by atoms with E-state index < -0.39 is 17.8 Å². The van der Waals surface area contributed by atoms with Crippen molar-refractivity contribution >= 4 is 17.8 Å². The summed E-state index contributed by atoms with van der Waals surface area (Å²) in [6.45, 7) is 3.39. The summed E-state index contributed by atoms with van der Waals surface area (Å²) < 4.78 is 6.43. The van der Waals surface area contributed by atoms with Gasteiger partial charge < -0.3 is 25.0 Å². The molecule has 4 atom stereocenters. The molecule has 3 aliphatic heterocycles. The molecule has 184 valence electrons. The van der Waals surface area contributed by atoms with E-state index in [0.29, 0.717) is 45.3 Å².